The number of anilines is 1. The summed E-state index contributed by atoms with van der Waals surface area (Å²) < 4.78 is 24.5. The topological polar surface area (TPSA) is 58.8 Å². The maximum atomic E-state index is 13.3. The average molecular weight is 375 g/mol. The van der Waals surface area contributed by atoms with Gasteiger partial charge in [-0.1, -0.05) is 12.1 Å². The second-order valence-corrected chi connectivity index (χ2v) is 6.83. The Kier molecular flexibility index (Phi) is 6.11. The molecule has 0 unspecified atom stereocenters. The number of carbonyl (C=O) groups is 1. The lowest BCUT2D eigenvalue weighted by Gasteiger charge is -2.30. The Bertz CT molecular complexity index is 769. The van der Waals surface area contributed by atoms with Gasteiger partial charge in [0.25, 0.3) is 0 Å². The predicted molar refractivity (Wildman–Crippen MR) is 101 cm³/mol. The lowest BCUT2D eigenvalue weighted by molar-refractivity contribution is -0.131. The maximum Gasteiger partial charge on any atom is 0.233 e. The molecule has 0 spiro atoms. The Labute approximate surface area is 158 Å². The molecule has 6 nitrogen and oxygen atoms in total. The van der Waals surface area contributed by atoms with Crippen LogP contribution in [0.2, 0.25) is 0 Å². The number of benzene rings is 1. The van der Waals surface area contributed by atoms with E-state index < -0.39 is 0 Å². The molecule has 1 amide bonds. The van der Waals surface area contributed by atoms with Gasteiger partial charge in [0.15, 0.2) is 0 Å². The molecule has 3 rings (SSSR count). The summed E-state index contributed by atoms with van der Waals surface area (Å²) in [6.45, 7) is 8.70. The van der Waals surface area contributed by atoms with Crippen LogP contribution in [-0.4, -0.2) is 48.3 Å². The average Bonchev–Trinajstić information content (AvgIpc) is 3.10. The number of halogens is 1. The van der Waals surface area contributed by atoms with E-state index in [2.05, 4.69) is 17.0 Å². The van der Waals surface area contributed by atoms with Gasteiger partial charge >= 0.3 is 0 Å². The number of hydrogen-bond acceptors (Lipinski definition) is 5. The Morgan fingerprint density at radius 3 is 2.56 bits per heavy atom. The van der Waals surface area contributed by atoms with E-state index in [0.29, 0.717) is 44.4 Å². The van der Waals surface area contributed by atoms with Gasteiger partial charge in [0.2, 0.25) is 11.8 Å². The quantitative estimate of drug-likeness (QED) is 0.774. The highest BCUT2D eigenvalue weighted by Gasteiger charge is 2.27. The summed E-state index contributed by atoms with van der Waals surface area (Å²) in [6, 6.07) is 6.26. The van der Waals surface area contributed by atoms with Crippen LogP contribution in [0.15, 0.2) is 28.8 Å². The number of amides is 1. The van der Waals surface area contributed by atoms with Gasteiger partial charge in [-0.15, -0.1) is 0 Å². The molecule has 7 heteroatoms. The summed E-state index contributed by atoms with van der Waals surface area (Å²) in [5.41, 5.74) is 2.26. The predicted octanol–water partition coefficient (Wildman–Crippen LogP) is 3.46. The van der Waals surface area contributed by atoms with Crippen molar-refractivity contribution in [2.75, 3.05) is 31.2 Å². The van der Waals surface area contributed by atoms with Crippen LogP contribution in [0.5, 0.6) is 0 Å². The molecule has 1 fully saturated rings. The van der Waals surface area contributed by atoms with Crippen molar-refractivity contribution in [2.45, 2.75) is 39.8 Å². The summed E-state index contributed by atoms with van der Waals surface area (Å²) in [7, 11) is 0. The van der Waals surface area contributed by atoms with Crippen molar-refractivity contribution >= 4 is 11.8 Å². The van der Waals surface area contributed by atoms with E-state index in [1.165, 1.54) is 12.1 Å². The van der Waals surface area contributed by atoms with E-state index in [1.807, 2.05) is 11.8 Å². The molecule has 0 radical (unpaired) electrons. The van der Waals surface area contributed by atoms with Crippen LogP contribution in [0.4, 0.5) is 10.3 Å². The number of hydrogen-bond donors (Lipinski definition) is 0. The molecular weight excluding hydrogens is 349 g/mol. The Morgan fingerprint density at radius 2 is 1.96 bits per heavy atom. The van der Waals surface area contributed by atoms with Crippen LogP contribution < -0.4 is 4.90 Å². The molecule has 1 aliphatic rings. The number of nitrogens with zero attached hydrogens (tertiary/aromatic N) is 3. The van der Waals surface area contributed by atoms with Gasteiger partial charge < -0.3 is 19.1 Å². The molecule has 0 saturated carbocycles. The Balaban J connectivity index is 2.02. The molecule has 2 heterocycles. The molecule has 2 aromatic rings. The Hall–Kier alpha value is -2.41. The first-order chi connectivity index (χ1) is 13.0. The van der Waals surface area contributed by atoms with Crippen molar-refractivity contribution in [3.8, 4) is 11.3 Å². The molecule has 0 bridgehead atoms. The molecule has 1 aliphatic heterocycles. The first-order valence-corrected chi connectivity index (χ1v) is 9.35. The minimum atomic E-state index is -0.304. The van der Waals surface area contributed by atoms with E-state index in [4.69, 9.17) is 9.26 Å². The fraction of sp³-hybridized carbons (Fsp3) is 0.500. The van der Waals surface area contributed by atoms with Gasteiger partial charge in [-0.2, -0.15) is 0 Å². The standard InChI is InChI=1S/C20H26FN3O3/c1-4-14(2)24(15(3)25)13-18-19(16-5-7-17(21)8-6-16)22-27-20(18)23-9-11-26-12-10-23/h5-8,14H,4,9-13H2,1-3H3/t14-/m1/s1. The largest absolute Gasteiger partial charge is 0.378 e. The lowest BCUT2D eigenvalue weighted by atomic mass is 10.1. The zero-order chi connectivity index (χ0) is 19.4. The molecule has 1 atom stereocenters. The van der Waals surface area contributed by atoms with Crippen molar-refractivity contribution in [1.29, 1.82) is 0 Å². The summed E-state index contributed by atoms with van der Waals surface area (Å²) >= 11 is 0. The van der Waals surface area contributed by atoms with Crippen LogP contribution in [0, 0.1) is 5.82 Å². The maximum absolute atomic E-state index is 13.3. The fourth-order valence-corrected chi connectivity index (χ4v) is 3.26. The van der Waals surface area contributed by atoms with Crippen LogP contribution in [0.1, 0.15) is 32.8 Å². The highest BCUT2D eigenvalue weighted by Crippen LogP contribution is 2.33. The van der Waals surface area contributed by atoms with E-state index in [0.717, 1.165) is 17.5 Å². The van der Waals surface area contributed by atoms with Crippen LogP contribution in [-0.2, 0) is 16.1 Å². The van der Waals surface area contributed by atoms with Gasteiger partial charge in [-0.25, -0.2) is 4.39 Å². The molecule has 0 aliphatic carbocycles. The van der Waals surface area contributed by atoms with Gasteiger partial charge in [0.1, 0.15) is 11.5 Å². The van der Waals surface area contributed by atoms with E-state index in [-0.39, 0.29) is 17.8 Å². The molecule has 1 aromatic carbocycles. The minimum absolute atomic E-state index is 0.00327. The van der Waals surface area contributed by atoms with Crippen LogP contribution in [0.3, 0.4) is 0 Å². The summed E-state index contributed by atoms with van der Waals surface area (Å²) in [5.74, 6) is 0.359. The number of rotatable bonds is 6. The van der Waals surface area contributed by atoms with Crippen molar-refractivity contribution in [1.82, 2.24) is 10.1 Å². The molecular formula is C20H26FN3O3. The van der Waals surface area contributed by atoms with Gasteiger partial charge in [0, 0.05) is 31.6 Å². The van der Waals surface area contributed by atoms with Crippen molar-refractivity contribution < 1.29 is 18.4 Å². The first-order valence-electron chi connectivity index (χ1n) is 9.35. The molecule has 0 N–H and O–H groups in total. The van der Waals surface area contributed by atoms with E-state index >= 15 is 0 Å². The van der Waals surface area contributed by atoms with Gasteiger partial charge in [-0.3, -0.25) is 4.79 Å². The third-order valence-electron chi connectivity index (χ3n) is 5.04. The van der Waals surface area contributed by atoms with Crippen molar-refractivity contribution in [2.24, 2.45) is 0 Å². The Morgan fingerprint density at radius 1 is 1.30 bits per heavy atom. The van der Waals surface area contributed by atoms with E-state index in [9.17, 15) is 9.18 Å². The monoisotopic (exact) mass is 375 g/mol. The summed E-state index contributed by atoms with van der Waals surface area (Å²) in [5, 5.41) is 4.27. The zero-order valence-electron chi connectivity index (χ0n) is 16.1. The molecule has 146 valence electrons. The third-order valence-corrected chi connectivity index (χ3v) is 5.04. The van der Waals surface area contributed by atoms with Crippen molar-refractivity contribution in [3.05, 3.63) is 35.6 Å². The second-order valence-electron chi connectivity index (χ2n) is 6.83. The number of ether oxygens (including phenoxy) is 1. The number of aromatic nitrogens is 1. The minimum Gasteiger partial charge on any atom is -0.378 e. The summed E-state index contributed by atoms with van der Waals surface area (Å²) in [4.78, 5) is 16.2. The van der Waals surface area contributed by atoms with E-state index in [1.54, 1.807) is 19.1 Å². The lowest BCUT2D eigenvalue weighted by Crippen LogP contribution is -2.39. The summed E-state index contributed by atoms with van der Waals surface area (Å²) in [6.07, 6.45) is 0.851. The van der Waals surface area contributed by atoms with Crippen LogP contribution >= 0.6 is 0 Å². The smallest absolute Gasteiger partial charge is 0.233 e. The van der Waals surface area contributed by atoms with Crippen molar-refractivity contribution in [3.63, 3.8) is 0 Å². The van der Waals surface area contributed by atoms with Gasteiger partial charge in [-0.05, 0) is 37.6 Å². The van der Waals surface area contributed by atoms with Gasteiger partial charge in [0.05, 0.1) is 25.3 Å². The normalized spacial score (nSPS) is 15.6. The van der Waals surface area contributed by atoms with Crippen LogP contribution in [0.25, 0.3) is 11.3 Å². The number of carbonyl (C=O) groups excluding carboxylic acids is 1. The third kappa shape index (κ3) is 4.30. The second kappa shape index (κ2) is 8.52. The number of morpholine rings is 1. The zero-order valence-corrected chi connectivity index (χ0v) is 16.1. The molecule has 1 saturated heterocycles. The fourth-order valence-electron chi connectivity index (χ4n) is 3.26. The highest BCUT2D eigenvalue weighted by atomic mass is 19.1. The highest BCUT2D eigenvalue weighted by molar-refractivity contribution is 5.75. The molecule has 1 aromatic heterocycles. The first kappa shape index (κ1) is 19.4. The molecule has 27 heavy (non-hydrogen) atoms. The SMILES string of the molecule is CC[C@@H](C)N(Cc1c(-c2ccc(F)cc2)noc1N1CCOCC1)C(C)=O.